The summed E-state index contributed by atoms with van der Waals surface area (Å²) in [5, 5.41) is 9.48. The molecule has 13 heteroatoms. The summed E-state index contributed by atoms with van der Waals surface area (Å²) in [7, 11) is 0.842. The topological polar surface area (TPSA) is 141 Å². The standard InChI is InChI=1S/C23H37NO5Si.C17H23NO5/c1-17(15-29-30(6,7)23(2,3)4)19-13-24(14-20(19)21(25)27-5)22(26)28-16-18-11-9-8-10-12-18;1-12(10-19)14-8-18(9-15(14)16(20)22-2)17(21)23-11-13-6-4-3-5-7-13/h8-12,17,19-20H,13-16H2,1-7H3;3-7,12,14-15,19H,8-11H2,1-2H3/t17-,19?,20?;12-,14?,15?/m11/s1. The molecule has 4 rings (SSSR count). The number of likely N-dealkylation sites (tertiary alicyclic amines) is 2. The van der Waals surface area contributed by atoms with Gasteiger partial charge in [-0.05, 0) is 52.9 Å². The summed E-state index contributed by atoms with van der Waals surface area (Å²) in [5.74, 6) is -1.54. The normalized spacial score (nSPS) is 21.2. The molecule has 294 valence electrons. The highest BCUT2D eigenvalue weighted by Gasteiger charge is 2.45. The van der Waals surface area contributed by atoms with E-state index < -0.39 is 26.4 Å². The molecule has 0 aromatic heterocycles. The first-order chi connectivity index (χ1) is 25.0. The largest absolute Gasteiger partial charge is 0.469 e. The van der Waals surface area contributed by atoms with Crippen molar-refractivity contribution in [3.8, 4) is 0 Å². The van der Waals surface area contributed by atoms with E-state index in [-0.39, 0.29) is 72.9 Å². The Balaban J connectivity index is 0.000000295. The van der Waals surface area contributed by atoms with E-state index in [1.807, 2.05) is 67.6 Å². The molecule has 0 aliphatic carbocycles. The van der Waals surface area contributed by atoms with Crippen LogP contribution in [0.5, 0.6) is 0 Å². The molecular formula is C40H60N2O10Si. The van der Waals surface area contributed by atoms with Gasteiger partial charge in [-0.2, -0.15) is 0 Å². The number of esters is 2. The average molecular weight is 757 g/mol. The molecule has 2 fully saturated rings. The van der Waals surface area contributed by atoms with Crippen LogP contribution in [0.2, 0.25) is 18.1 Å². The fraction of sp³-hybridized carbons (Fsp3) is 0.600. The number of carbonyl (C=O) groups excluding carboxylic acids is 4. The van der Waals surface area contributed by atoms with Crippen LogP contribution in [-0.4, -0.2) is 101 Å². The Labute approximate surface area is 316 Å². The minimum absolute atomic E-state index is 0.0218. The lowest BCUT2D eigenvalue weighted by Gasteiger charge is -2.37. The van der Waals surface area contributed by atoms with Gasteiger partial charge in [0.15, 0.2) is 8.32 Å². The van der Waals surface area contributed by atoms with Crippen LogP contribution in [0.25, 0.3) is 0 Å². The molecule has 0 bridgehead atoms. The van der Waals surface area contributed by atoms with Crippen molar-refractivity contribution in [2.45, 2.75) is 66.0 Å². The zero-order chi connectivity index (χ0) is 39.3. The molecule has 2 aromatic carbocycles. The van der Waals surface area contributed by atoms with Crippen molar-refractivity contribution in [3.05, 3.63) is 71.8 Å². The number of ether oxygens (including phenoxy) is 4. The van der Waals surface area contributed by atoms with E-state index in [2.05, 4.69) is 40.8 Å². The third-order valence-corrected chi connectivity index (χ3v) is 15.4. The Kier molecular flexibility index (Phi) is 16.3. The highest BCUT2D eigenvalue weighted by Crippen LogP contribution is 2.38. The number of nitrogens with zero attached hydrogens (tertiary/aromatic N) is 2. The minimum atomic E-state index is -1.89. The van der Waals surface area contributed by atoms with Crippen molar-refractivity contribution in [1.82, 2.24) is 9.80 Å². The number of benzene rings is 2. The Bertz CT molecular complexity index is 1470. The van der Waals surface area contributed by atoms with Crippen LogP contribution < -0.4 is 0 Å². The van der Waals surface area contributed by atoms with Crippen molar-refractivity contribution in [2.24, 2.45) is 35.5 Å². The molecule has 2 aliphatic rings. The number of carbonyl (C=O) groups is 4. The van der Waals surface area contributed by atoms with E-state index in [0.29, 0.717) is 26.2 Å². The van der Waals surface area contributed by atoms with Gasteiger partial charge in [-0.15, -0.1) is 0 Å². The number of aliphatic hydroxyl groups excluding tert-OH is 1. The first kappa shape index (κ1) is 43.5. The predicted octanol–water partition coefficient (Wildman–Crippen LogP) is 6.37. The van der Waals surface area contributed by atoms with Crippen molar-refractivity contribution >= 4 is 32.4 Å². The maximum Gasteiger partial charge on any atom is 0.410 e. The predicted molar refractivity (Wildman–Crippen MR) is 203 cm³/mol. The molecular weight excluding hydrogens is 697 g/mol. The van der Waals surface area contributed by atoms with Gasteiger partial charge >= 0.3 is 24.1 Å². The Morgan fingerprint density at radius 2 is 1.11 bits per heavy atom. The van der Waals surface area contributed by atoms with Gasteiger partial charge in [0.25, 0.3) is 0 Å². The smallest absolute Gasteiger partial charge is 0.410 e. The van der Waals surface area contributed by atoms with Crippen LogP contribution >= 0.6 is 0 Å². The van der Waals surface area contributed by atoms with E-state index >= 15 is 0 Å². The summed E-state index contributed by atoms with van der Waals surface area (Å²) in [6.45, 7) is 17.4. The second-order valence-corrected chi connectivity index (χ2v) is 20.5. The van der Waals surface area contributed by atoms with E-state index in [1.54, 1.807) is 4.90 Å². The third-order valence-electron chi connectivity index (χ3n) is 10.9. The molecule has 4 unspecified atom stereocenters. The fourth-order valence-corrected chi connectivity index (χ4v) is 7.46. The van der Waals surface area contributed by atoms with Gasteiger partial charge in [0.1, 0.15) is 13.2 Å². The summed E-state index contributed by atoms with van der Waals surface area (Å²) >= 11 is 0. The molecule has 1 N–H and O–H groups in total. The van der Waals surface area contributed by atoms with E-state index in [1.165, 1.54) is 19.1 Å². The van der Waals surface area contributed by atoms with E-state index in [4.69, 9.17) is 23.4 Å². The fourth-order valence-electron chi connectivity index (χ4n) is 6.35. The highest BCUT2D eigenvalue weighted by atomic mass is 28.4. The van der Waals surface area contributed by atoms with Crippen LogP contribution in [0.4, 0.5) is 9.59 Å². The van der Waals surface area contributed by atoms with Crippen LogP contribution in [0.1, 0.15) is 45.7 Å². The lowest BCUT2D eigenvalue weighted by Crippen LogP contribution is -2.43. The van der Waals surface area contributed by atoms with Crippen molar-refractivity contribution in [2.75, 3.05) is 53.6 Å². The maximum atomic E-state index is 12.6. The SMILES string of the molecule is COC(=O)C1CN(C(=O)OCc2ccccc2)CC1[C@H](C)CO.COC(=O)C1CN(C(=O)OCc2ccccc2)CC1[C@H](C)CO[Si](C)(C)C(C)(C)C. The number of amides is 2. The number of hydrogen-bond acceptors (Lipinski definition) is 10. The first-order valence-electron chi connectivity index (χ1n) is 18.3. The van der Waals surface area contributed by atoms with Crippen molar-refractivity contribution < 1.29 is 47.7 Å². The van der Waals surface area contributed by atoms with Gasteiger partial charge in [0, 0.05) is 39.4 Å². The summed E-state index contributed by atoms with van der Waals surface area (Å²) in [6, 6.07) is 19.0. The first-order valence-corrected chi connectivity index (χ1v) is 21.2. The minimum Gasteiger partial charge on any atom is -0.469 e. The molecule has 12 nitrogen and oxygen atoms in total. The number of hydrogen-bond donors (Lipinski definition) is 1. The van der Waals surface area contributed by atoms with Crippen LogP contribution in [0.15, 0.2) is 60.7 Å². The Hall–Kier alpha value is -3.94. The van der Waals surface area contributed by atoms with Crippen molar-refractivity contribution in [3.63, 3.8) is 0 Å². The molecule has 53 heavy (non-hydrogen) atoms. The van der Waals surface area contributed by atoms with Gasteiger partial charge in [-0.25, -0.2) is 9.59 Å². The number of methoxy groups -OCH3 is 2. The van der Waals surface area contributed by atoms with Crippen LogP contribution in [0, 0.1) is 35.5 Å². The monoisotopic (exact) mass is 756 g/mol. The highest BCUT2D eigenvalue weighted by molar-refractivity contribution is 6.74. The number of rotatable bonds is 12. The molecule has 2 amide bonds. The maximum absolute atomic E-state index is 12.6. The van der Waals surface area contributed by atoms with Gasteiger partial charge in [0.2, 0.25) is 0 Å². The average Bonchev–Trinajstić information content (AvgIpc) is 3.81. The van der Waals surface area contributed by atoms with E-state index in [9.17, 15) is 24.3 Å². The summed E-state index contributed by atoms with van der Waals surface area (Å²) < 4.78 is 27.0. The van der Waals surface area contributed by atoms with Gasteiger partial charge in [-0.1, -0.05) is 95.3 Å². The molecule has 2 heterocycles. The second-order valence-electron chi connectivity index (χ2n) is 15.7. The molecule has 0 radical (unpaired) electrons. The van der Waals surface area contributed by atoms with Gasteiger partial charge in [0.05, 0.1) is 26.1 Å². The summed E-state index contributed by atoms with van der Waals surface area (Å²) in [5.41, 5.74) is 1.84. The zero-order valence-corrected chi connectivity index (χ0v) is 33.9. The summed E-state index contributed by atoms with van der Waals surface area (Å²) in [6.07, 6.45) is -0.844. The Morgan fingerprint density at radius 1 is 0.717 bits per heavy atom. The van der Waals surface area contributed by atoms with Crippen LogP contribution in [0.3, 0.4) is 0 Å². The quantitative estimate of drug-likeness (QED) is 0.148. The van der Waals surface area contributed by atoms with Crippen molar-refractivity contribution in [1.29, 1.82) is 0 Å². The third kappa shape index (κ3) is 12.3. The molecule has 2 aliphatic heterocycles. The zero-order valence-electron chi connectivity index (χ0n) is 32.9. The lowest BCUT2D eigenvalue weighted by molar-refractivity contribution is -0.147. The Morgan fingerprint density at radius 3 is 1.47 bits per heavy atom. The second kappa shape index (κ2) is 19.9. The van der Waals surface area contributed by atoms with Crippen LogP contribution in [-0.2, 0) is 46.2 Å². The van der Waals surface area contributed by atoms with Gasteiger partial charge in [-0.3, -0.25) is 9.59 Å². The van der Waals surface area contributed by atoms with Gasteiger partial charge < -0.3 is 38.3 Å². The molecule has 6 atom stereocenters. The molecule has 0 spiro atoms. The molecule has 2 saturated heterocycles. The molecule has 2 aromatic rings. The number of aliphatic hydroxyl groups is 1. The lowest BCUT2D eigenvalue weighted by atomic mass is 9.85. The summed E-state index contributed by atoms with van der Waals surface area (Å²) in [4.78, 5) is 52.3. The van der Waals surface area contributed by atoms with E-state index in [0.717, 1.165) is 11.1 Å². The molecule has 0 saturated carbocycles.